The largest absolute Gasteiger partial charge is 0.416 e. The highest BCUT2D eigenvalue weighted by Crippen LogP contribution is 2.17. The molecule has 1 rings (SSSR count). The molecule has 1 unspecified atom stereocenters. The average Bonchev–Trinajstić information content (AvgIpc) is 2.56. The zero-order chi connectivity index (χ0) is 10.4. The van der Waals surface area contributed by atoms with E-state index in [1.165, 1.54) is 23.1 Å². The first-order valence-corrected chi connectivity index (χ1v) is 5.75. The fourth-order valence-corrected chi connectivity index (χ4v) is 1.90. The van der Waals surface area contributed by atoms with E-state index < -0.39 is 11.7 Å². The van der Waals surface area contributed by atoms with Crippen molar-refractivity contribution in [2.24, 2.45) is 5.73 Å². The number of aromatic nitrogens is 2. The average molecular weight is 234 g/mol. The number of nitrogens with one attached hydrogen (secondary N) is 1. The van der Waals surface area contributed by atoms with Crippen molar-refractivity contribution in [2.45, 2.75) is 12.5 Å². The number of carbonyl (C=O) groups excluding carboxylic acids is 1. The van der Waals surface area contributed by atoms with Gasteiger partial charge in [-0.25, -0.2) is 4.79 Å². The molecule has 1 heterocycles. The van der Waals surface area contributed by atoms with Crippen molar-refractivity contribution >= 4 is 34.3 Å². The first-order chi connectivity index (χ1) is 6.72. The molecule has 6 nitrogen and oxygen atoms in total. The molecule has 1 amide bonds. The summed E-state index contributed by atoms with van der Waals surface area (Å²) in [6.45, 7) is 1.95. The molecule has 8 heteroatoms. The zero-order valence-corrected chi connectivity index (χ0v) is 9.10. The number of primary amides is 1. The molecule has 0 radical (unpaired) electrons. The topological polar surface area (TPSA) is 90.1 Å². The Labute approximate surface area is 89.2 Å². The van der Waals surface area contributed by atoms with Crippen LogP contribution in [0.15, 0.2) is 5.51 Å². The molecule has 0 saturated carbocycles. The molecule has 0 fully saturated rings. The van der Waals surface area contributed by atoms with Gasteiger partial charge in [0.05, 0.1) is 0 Å². The smallest absolute Gasteiger partial charge is 0.407 e. The molecule has 78 valence electrons. The fraction of sp³-hybridized carbons (Fsp3) is 0.500. The number of ether oxygens (including phenoxy) is 1. The van der Waals surface area contributed by atoms with E-state index in [1.807, 2.05) is 6.92 Å². The third-order valence-corrected chi connectivity index (χ3v) is 2.62. The van der Waals surface area contributed by atoms with E-state index in [-0.39, 0.29) is 0 Å². The Balaban J connectivity index is 2.46. The minimum atomic E-state index is -0.812. The maximum absolute atomic E-state index is 10.5. The van der Waals surface area contributed by atoms with Gasteiger partial charge in [0.1, 0.15) is 5.51 Å². The van der Waals surface area contributed by atoms with Gasteiger partial charge in [-0.2, -0.15) is 0 Å². The van der Waals surface area contributed by atoms with Gasteiger partial charge in [0.15, 0.2) is 0 Å². The van der Waals surface area contributed by atoms with Gasteiger partial charge in [0, 0.05) is 0 Å². The molecule has 1 atom stereocenters. The van der Waals surface area contributed by atoms with E-state index in [0.29, 0.717) is 5.13 Å². The maximum Gasteiger partial charge on any atom is 0.407 e. The minimum Gasteiger partial charge on any atom is -0.416 e. The normalized spacial score (nSPS) is 12.1. The number of thioether (sulfide) groups is 1. The molecule has 0 aliphatic carbocycles. The highest BCUT2D eigenvalue weighted by Gasteiger charge is 2.12. The number of nitrogens with zero attached hydrogens (tertiary/aromatic N) is 2. The SMILES string of the molecule is CCSC(Nc1nncs1)OC(N)=O. The van der Waals surface area contributed by atoms with Crippen LogP contribution in [-0.4, -0.2) is 27.6 Å². The summed E-state index contributed by atoms with van der Waals surface area (Å²) in [5, 5.41) is 10.9. The van der Waals surface area contributed by atoms with Gasteiger partial charge >= 0.3 is 6.09 Å². The molecule has 0 aromatic carbocycles. The van der Waals surface area contributed by atoms with Crippen LogP contribution in [0.5, 0.6) is 0 Å². The van der Waals surface area contributed by atoms with Gasteiger partial charge in [-0.3, -0.25) is 0 Å². The van der Waals surface area contributed by atoms with E-state index in [1.54, 1.807) is 5.51 Å². The quantitative estimate of drug-likeness (QED) is 0.741. The van der Waals surface area contributed by atoms with Gasteiger partial charge in [0.2, 0.25) is 10.7 Å². The van der Waals surface area contributed by atoms with Crippen LogP contribution in [0.1, 0.15) is 6.92 Å². The molecule has 0 aliphatic heterocycles. The van der Waals surface area contributed by atoms with Crippen LogP contribution in [-0.2, 0) is 4.74 Å². The molecule has 0 aliphatic rings. The van der Waals surface area contributed by atoms with E-state index in [0.717, 1.165) is 5.75 Å². The van der Waals surface area contributed by atoms with Crippen molar-refractivity contribution in [1.82, 2.24) is 10.2 Å². The number of rotatable bonds is 5. The molecule has 0 bridgehead atoms. The monoisotopic (exact) mass is 234 g/mol. The number of nitrogens with two attached hydrogens (primary N) is 1. The second kappa shape index (κ2) is 5.66. The molecular weight excluding hydrogens is 224 g/mol. The summed E-state index contributed by atoms with van der Waals surface area (Å²) in [4.78, 5) is 10.5. The Bertz CT molecular complexity index is 279. The number of anilines is 1. The first kappa shape index (κ1) is 11.1. The van der Waals surface area contributed by atoms with E-state index >= 15 is 0 Å². The van der Waals surface area contributed by atoms with E-state index in [9.17, 15) is 4.79 Å². The zero-order valence-electron chi connectivity index (χ0n) is 7.47. The summed E-state index contributed by atoms with van der Waals surface area (Å²) < 4.78 is 4.79. The molecule has 14 heavy (non-hydrogen) atoms. The molecule has 1 aromatic heterocycles. The lowest BCUT2D eigenvalue weighted by Gasteiger charge is -2.15. The van der Waals surface area contributed by atoms with Crippen molar-refractivity contribution in [3.63, 3.8) is 0 Å². The number of hydrogen-bond acceptors (Lipinski definition) is 7. The van der Waals surface area contributed by atoms with Crippen molar-refractivity contribution in [3.05, 3.63) is 5.51 Å². The van der Waals surface area contributed by atoms with Gasteiger partial charge in [-0.1, -0.05) is 30.0 Å². The van der Waals surface area contributed by atoms with Crippen molar-refractivity contribution in [1.29, 1.82) is 0 Å². The number of amides is 1. The van der Waals surface area contributed by atoms with Crippen LogP contribution in [0.25, 0.3) is 0 Å². The van der Waals surface area contributed by atoms with Crippen molar-refractivity contribution in [3.8, 4) is 0 Å². The summed E-state index contributed by atoms with van der Waals surface area (Å²) >= 11 is 2.73. The minimum absolute atomic E-state index is 0.509. The van der Waals surface area contributed by atoms with Gasteiger partial charge < -0.3 is 15.8 Å². The Hall–Kier alpha value is -1.02. The van der Waals surface area contributed by atoms with Crippen molar-refractivity contribution < 1.29 is 9.53 Å². The van der Waals surface area contributed by atoms with Crippen LogP contribution in [0, 0.1) is 0 Å². The highest BCUT2D eigenvalue weighted by molar-refractivity contribution is 7.99. The van der Waals surface area contributed by atoms with Crippen molar-refractivity contribution in [2.75, 3.05) is 11.1 Å². The highest BCUT2D eigenvalue weighted by atomic mass is 32.2. The molecule has 3 N–H and O–H groups in total. The lowest BCUT2D eigenvalue weighted by molar-refractivity contribution is 0.154. The Morgan fingerprint density at radius 2 is 2.71 bits per heavy atom. The Morgan fingerprint density at radius 1 is 1.93 bits per heavy atom. The van der Waals surface area contributed by atoms with E-state index in [4.69, 9.17) is 10.5 Å². The molecule has 1 aromatic rings. The van der Waals surface area contributed by atoms with E-state index in [2.05, 4.69) is 15.5 Å². The van der Waals surface area contributed by atoms with Crippen LogP contribution >= 0.6 is 23.1 Å². The maximum atomic E-state index is 10.5. The Kier molecular flexibility index (Phi) is 4.47. The lowest BCUT2D eigenvalue weighted by atomic mass is 11.0. The Morgan fingerprint density at radius 3 is 3.21 bits per heavy atom. The molecular formula is C6H10N4O2S2. The fourth-order valence-electron chi connectivity index (χ4n) is 0.699. The van der Waals surface area contributed by atoms with Crippen LogP contribution in [0.4, 0.5) is 9.93 Å². The third-order valence-electron chi connectivity index (χ3n) is 1.14. The second-order valence-corrected chi connectivity index (χ2v) is 4.28. The predicted octanol–water partition coefficient (Wildman–Crippen LogP) is 1.08. The summed E-state index contributed by atoms with van der Waals surface area (Å²) in [7, 11) is 0. The summed E-state index contributed by atoms with van der Waals surface area (Å²) in [5.74, 6) is 0.795. The predicted molar refractivity (Wildman–Crippen MR) is 56.1 cm³/mol. The molecule has 0 spiro atoms. The molecule has 0 saturated heterocycles. The lowest BCUT2D eigenvalue weighted by Crippen LogP contribution is -2.26. The van der Waals surface area contributed by atoms with Gasteiger partial charge in [-0.05, 0) is 5.75 Å². The second-order valence-electron chi connectivity index (χ2n) is 2.11. The number of hydrogen-bond donors (Lipinski definition) is 2. The first-order valence-electron chi connectivity index (χ1n) is 3.82. The third kappa shape index (κ3) is 3.79. The summed E-state index contributed by atoms with van der Waals surface area (Å²) in [6.07, 6.45) is -0.812. The summed E-state index contributed by atoms with van der Waals surface area (Å²) in [5.41, 5.74) is 5.98. The standard InChI is InChI=1S/C6H10N4O2S2/c1-2-13-6(12-4(7)11)9-5-10-8-3-14-5/h3,6H,2H2,1H3,(H2,7,11)(H,9,10). The van der Waals surface area contributed by atoms with Gasteiger partial charge in [0.25, 0.3) is 0 Å². The number of carbonyl (C=O) groups is 1. The van der Waals surface area contributed by atoms with Crippen LogP contribution in [0.2, 0.25) is 0 Å². The van der Waals surface area contributed by atoms with Crippen LogP contribution < -0.4 is 11.1 Å². The van der Waals surface area contributed by atoms with Crippen LogP contribution in [0.3, 0.4) is 0 Å². The van der Waals surface area contributed by atoms with Gasteiger partial charge in [-0.15, -0.1) is 10.2 Å². The summed E-state index contributed by atoms with van der Waals surface area (Å²) in [6, 6.07) is 0.